The molecule has 1 aliphatic carbocycles. The van der Waals surface area contributed by atoms with Crippen LogP contribution in [0.3, 0.4) is 0 Å². The highest BCUT2D eigenvalue weighted by Crippen LogP contribution is 2.30. The highest BCUT2D eigenvalue weighted by atomic mass is 16.3. The van der Waals surface area contributed by atoms with Crippen LogP contribution in [-0.2, 0) is 6.42 Å². The predicted molar refractivity (Wildman–Crippen MR) is 48.0 cm³/mol. The Hall–Kier alpha value is -0.860. The van der Waals surface area contributed by atoms with Crippen LogP contribution in [0.1, 0.15) is 17.2 Å². The number of nitrogens with one attached hydrogen (secondary N) is 1. The third-order valence-corrected chi connectivity index (χ3v) is 2.51. The molecule has 0 bridgehead atoms. The normalized spacial score (nSPS) is 27.2. The summed E-state index contributed by atoms with van der Waals surface area (Å²) in [6.07, 6.45) is 0.522. The number of hydrogen-bond donors (Lipinski definition) is 2. The molecule has 1 aliphatic rings. The van der Waals surface area contributed by atoms with Crippen LogP contribution < -0.4 is 5.32 Å². The first kappa shape index (κ1) is 7.77. The van der Waals surface area contributed by atoms with Crippen molar-refractivity contribution < 1.29 is 5.11 Å². The van der Waals surface area contributed by atoms with E-state index in [1.165, 1.54) is 11.1 Å². The van der Waals surface area contributed by atoms with E-state index in [4.69, 9.17) is 0 Å². The summed E-state index contributed by atoms with van der Waals surface area (Å²) >= 11 is 0. The van der Waals surface area contributed by atoms with Crippen LogP contribution in [0.2, 0.25) is 0 Å². The SMILES string of the molecule is CN[C@H]1c2ccccc2C[C@H]1O. The Bertz CT molecular complexity index is 285. The van der Waals surface area contributed by atoms with Gasteiger partial charge in [0.2, 0.25) is 0 Å². The summed E-state index contributed by atoms with van der Waals surface area (Å²) in [6, 6.07) is 8.31. The van der Waals surface area contributed by atoms with Crippen molar-refractivity contribution in [2.75, 3.05) is 7.05 Å². The van der Waals surface area contributed by atoms with E-state index in [0.29, 0.717) is 0 Å². The first-order chi connectivity index (χ1) is 5.83. The maximum absolute atomic E-state index is 9.65. The summed E-state index contributed by atoms with van der Waals surface area (Å²) < 4.78 is 0. The third-order valence-electron chi connectivity index (χ3n) is 2.51. The summed E-state index contributed by atoms with van der Waals surface area (Å²) in [5.41, 5.74) is 2.51. The molecule has 0 spiro atoms. The summed E-state index contributed by atoms with van der Waals surface area (Å²) in [6.45, 7) is 0. The van der Waals surface area contributed by atoms with Gasteiger partial charge in [0.05, 0.1) is 12.1 Å². The van der Waals surface area contributed by atoms with Gasteiger partial charge in [-0.25, -0.2) is 0 Å². The van der Waals surface area contributed by atoms with Gasteiger partial charge < -0.3 is 10.4 Å². The Morgan fingerprint density at radius 1 is 1.42 bits per heavy atom. The number of aliphatic hydroxyl groups is 1. The highest BCUT2D eigenvalue weighted by Gasteiger charge is 2.28. The summed E-state index contributed by atoms with van der Waals surface area (Å²) in [5.74, 6) is 0. The Labute approximate surface area is 72.2 Å². The molecule has 2 heteroatoms. The van der Waals surface area contributed by atoms with Crippen LogP contribution >= 0.6 is 0 Å². The Kier molecular flexibility index (Phi) is 1.87. The summed E-state index contributed by atoms with van der Waals surface area (Å²) in [5, 5.41) is 12.8. The van der Waals surface area contributed by atoms with E-state index in [-0.39, 0.29) is 12.1 Å². The molecule has 12 heavy (non-hydrogen) atoms. The lowest BCUT2D eigenvalue weighted by atomic mass is 10.1. The molecule has 2 rings (SSSR count). The molecule has 1 aromatic rings. The van der Waals surface area contributed by atoms with E-state index in [1.54, 1.807) is 0 Å². The zero-order chi connectivity index (χ0) is 8.55. The van der Waals surface area contributed by atoms with Crippen molar-refractivity contribution >= 4 is 0 Å². The minimum atomic E-state index is -0.257. The second kappa shape index (κ2) is 2.88. The Morgan fingerprint density at radius 3 is 2.92 bits per heavy atom. The zero-order valence-corrected chi connectivity index (χ0v) is 7.12. The lowest BCUT2D eigenvalue weighted by Crippen LogP contribution is -2.25. The van der Waals surface area contributed by atoms with E-state index in [9.17, 15) is 5.11 Å². The maximum atomic E-state index is 9.65. The molecule has 0 saturated carbocycles. The molecule has 0 aliphatic heterocycles. The van der Waals surface area contributed by atoms with Crippen molar-refractivity contribution in [3.63, 3.8) is 0 Å². The van der Waals surface area contributed by atoms with Crippen LogP contribution in [0.4, 0.5) is 0 Å². The van der Waals surface area contributed by atoms with E-state index in [0.717, 1.165) is 6.42 Å². The molecule has 0 fully saturated rings. The fourth-order valence-electron chi connectivity index (χ4n) is 1.92. The number of rotatable bonds is 1. The second-order valence-electron chi connectivity index (χ2n) is 3.24. The van der Waals surface area contributed by atoms with Crippen LogP contribution in [0.15, 0.2) is 24.3 Å². The standard InChI is InChI=1S/C10H13NO/c1-11-10-8-5-3-2-4-7(8)6-9(10)12/h2-5,9-12H,6H2,1H3/t9-,10+/m1/s1. The van der Waals surface area contributed by atoms with Gasteiger partial charge in [0.25, 0.3) is 0 Å². The molecule has 0 unspecified atom stereocenters. The lowest BCUT2D eigenvalue weighted by molar-refractivity contribution is 0.145. The van der Waals surface area contributed by atoms with Crippen molar-refractivity contribution in [3.8, 4) is 0 Å². The molecule has 0 radical (unpaired) electrons. The van der Waals surface area contributed by atoms with Crippen LogP contribution in [-0.4, -0.2) is 18.3 Å². The average molecular weight is 163 g/mol. The molecule has 2 N–H and O–H groups in total. The van der Waals surface area contributed by atoms with E-state index >= 15 is 0 Å². The van der Waals surface area contributed by atoms with E-state index < -0.39 is 0 Å². The van der Waals surface area contributed by atoms with Crippen molar-refractivity contribution in [2.45, 2.75) is 18.6 Å². The molecule has 0 heterocycles. The van der Waals surface area contributed by atoms with Gasteiger partial charge in [-0.05, 0) is 18.2 Å². The van der Waals surface area contributed by atoms with Gasteiger partial charge in [0.15, 0.2) is 0 Å². The zero-order valence-electron chi connectivity index (χ0n) is 7.12. The quantitative estimate of drug-likeness (QED) is 0.643. The van der Waals surface area contributed by atoms with Crippen molar-refractivity contribution in [1.82, 2.24) is 5.32 Å². The van der Waals surface area contributed by atoms with Gasteiger partial charge in [0, 0.05) is 6.42 Å². The lowest BCUT2D eigenvalue weighted by Gasteiger charge is -2.13. The molecule has 0 saturated heterocycles. The van der Waals surface area contributed by atoms with Gasteiger partial charge in [0.1, 0.15) is 0 Å². The minimum absolute atomic E-state index is 0.126. The fourth-order valence-corrected chi connectivity index (χ4v) is 1.92. The van der Waals surface area contributed by atoms with Crippen molar-refractivity contribution in [3.05, 3.63) is 35.4 Å². The minimum Gasteiger partial charge on any atom is -0.391 e. The molecule has 0 aromatic heterocycles. The number of aliphatic hydroxyl groups excluding tert-OH is 1. The highest BCUT2D eigenvalue weighted by molar-refractivity contribution is 5.36. The Morgan fingerprint density at radius 2 is 2.17 bits per heavy atom. The molecule has 2 nitrogen and oxygen atoms in total. The topological polar surface area (TPSA) is 32.3 Å². The number of benzene rings is 1. The van der Waals surface area contributed by atoms with Crippen LogP contribution in [0, 0.1) is 0 Å². The number of hydrogen-bond acceptors (Lipinski definition) is 2. The van der Waals surface area contributed by atoms with Gasteiger partial charge in [-0.2, -0.15) is 0 Å². The number of fused-ring (bicyclic) bond motifs is 1. The molecule has 64 valence electrons. The molecule has 2 atom stereocenters. The summed E-state index contributed by atoms with van der Waals surface area (Å²) in [7, 11) is 1.88. The molecule has 1 aromatic carbocycles. The third kappa shape index (κ3) is 1.04. The molecular weight excluding hydrogens is 150 g/mol. The van der Waals surface area contributed by atoms with Gasteiger partial charge in [-0.15, -0.1) is 0 Å². The van der Waals surface area contributed by atoms with Gasteiger partial charge in [-0.3, -0.25) is 0 Å². The van der Waals surface area contributed by atoms with Crippen molar-refractivity contribution in [1.29, 1.82) is 0 Å². The van der Waals surface area contributed by atoms with Crippen LogP contribution in [0.25, 0.3) is 0 Å². The Balaban J connectivity index is 2.40. The number of likely N-dealkylation sites (N-methyl/N-ethyl adjacent to an activating group) is 1. The molecular formula is C10H13NO. The van der Waals surface area contributed by atoms with Gasteiger partial charge >= 0.3 is 0 Å². The van der Waals surface area contributed by atoms with Crippen LogP contribution in [0.5, 0.6) is 0 Å². The largest absolute Gasteiger partial charge is 0.391 e. The first-order valence-corrected chi connectivity index (χ1v) is 4.26. The smallest absolute Gasteiger partial charge is 0.0775 e. The first-order valence-electron chi connectivity index (χ1n) is 4.26. The van der Waals surface area contributed by atoms with Crippen molar-refractivity contribution in [2.24, 2.45) is 0 Å². The molecule has 0 amide bonds. The van der Waals surface area contributed by atoms with Gasteiger partial charge in [-0.1, -0.05) is 24.3 Å². The average Bonchev–Trinajstić information content (AvgIpc) is 2.40. The maximum Gasteiger partial charge on any atom is 0.0775 e. The van der Waals surface area contributed by atoms with E-state index in [1.807, 2.05) is 19.2 Å². The monoisotopic (exact) mass is 163 g/mol. The second-order valence-corrected chi connectivity index (χ2v) is 3.24. The fraction of sp³-hybridized carbons (Fsp3) is 0.400. The summed E-state index contributed by atoms with van der Waals surface area (Å²) in [4.78, 5) is 0. The predicted octanol–water partition coefficient (Wildman–Crippen LogP) is 0.864. The van der Waals surface area contributed by atoms with E-state index in [2.05, 4.69) is 17.4 Å².